The number of hydrogen-bond donors (Lipinski definition) is 2. The molecule has 9 heteroatoms. The van der Waals surface area contributed by atoms with Crippen molar-refractivity contribution in [2.75, 3.05) is 0 Å². The van der Waals surface area contributed by atoms with Gasteiger partial charge < -0.3 is 10.8 Å². The van der Waals surface area contributed by atoms with Crippen LogP contribution >= 0.6 is 24.8 Å². The summed E-state index contributed by atoms with van der Waals surface area (Å²) in [5.74, 6) is -1.27. The quantitative estimate of drug-likeness (QED) is 0.894. The zero-order valence-electron chi connectivity index (χ0n) is 8.85. The molecule has 18 heavy (non-hydrogen) atoms. The van der Waals surface area contributed by atoms with E-state index in [9.17, 15) is 18.0 Å². The van der Waals surface area contributed by atoms with Gasteiger partial charge in [0.05, 0.1) is 5.56 Å². The van der Waals surface area contributed by atoms with E-state index in [1.807, 2.05) is 0 Å². The summed E-state index contributed by atoms with van der Waals surface area (Å²) < 4.78 is 36.8. The Morgan fingerprint density at radius 1 is 1.39 bits per heavy atom. The maximum Gasteiger partial charge on any atom is 0.417 e. The molecule has 1 rings (SSSR count). The van der Waals surface area contributed by atoms with Gasteiger partial charge in [-0.25, -0.2) is 0 Å². The van der Waals surface area contributed by atoms with E-state index in [0.29, 0.717) is 6.20 Å². The fraction of sp³-hybridized carbons (Fsp3) is 0.333. The van der Waals surface area contributed by atoms with Crippen molar-refractivity contribution in [2.45, 2.75) is 18.6 Å². The summed E-state index contributed by atoms with van der Waals surface area (Å²) in [7, 11) is 0. The van der Waals surface area contributed by atoms with E-state index in [-0.39, 0.29) is 36.8 Å². The normalized spacial score (nSPS) is 12.0. The highest BCUT2D eigenvalue weighted by atomic mass is 35.5. The number of aliphatic carboxylic acids is 1. The van der Waals surface area contributed by atoms with E-state index >= 15 is 0 Å². The third kappa shape index (κ3) is 5.52. The standard InChI is InChI=1S/C9H9F3N2O2.2ClH/c10-9(11,12)6-1-5(3-14-4-6)2-7(13)8(15)16;;/h1,3-4,7H,2,13H2,(H,15,16);2*1H. The molecule has 4 nitrogen and oxygen atoms in total. The molecule has 104 valence electrons. The predicted molar refractivity (Wildman–Crippen MR) is 63.1 cm³/mol. The fourth-order valence-electron chi connectivity index (χ4n) is 1.10. The molecule has 0 aliphatic heterocycles. The van der Waals surface area contributed by atoms with Crippen LogP contribution in [0.15, 0.2) is 18.5 Å². The molecule has 0 radical (unpaired) electrons. The van der Waals surface area contributed by atoms with Crippen molar-refractivity contribution < 1.29 is 23.1 Å². The molecule has 1 atom stereocenters. The van der Waals surface area contributed by atoms with Gasteiger partial charge in [0.15, 0.2) is 0 Å². The summed E-state index contributed by atoms with van der Waals surface area (Å²) >= 11 is 0. The monoisotopic (exact) mass is 306 g/mol. The van der Waals surface area contributed by atoms with Gasteiger partial charge in [-0.1, -0.05) is 0 Å². The van der Waals surface area contributed by atoms with Crippen molar-refractivity contribution in [2.24, 2.45) is 5.73 Å². The second-order valence-electron chi connectivity index (χ2n) is 3.23. The number of carboxylic acids is 1. The van der Waals surface area contributed by atoms with Crippen LogP contribution in [0.1, 0.15) is 11.1 Å². The Morgan fingerprint density at radius 2 is 1.94 bits per heavy atom. The number of aromatic nitrogens is 1. The first-order chi connectivity index (χ1) is 7.30. The molecule has 0 aromatic carbocycles. The molecule has 0 spiro atoms. The number of alkyl halides is 3. The Morgan fingerprint density at radius 3 is 2.39 bits per heavy atom. The van der Waals surface area contributed by atoms with Gasteiger partial charge in [0, 0.05) is 12.4 Å². The van der Waals surface area contributed by atoms with Gasteiger partial charge in [-0.15, -0.1) is 24.8 Å². The zero-order valence-corrected chi connectivity index (χ0v) is 10.5. The molecule has 3 N–H and O–H groups in total. The molecule has 0 amide bonds. The minimum atomic E-state index is -4.49. The average molecular weight is 307 g/mol. The van der Waals surface area contributed by atoms with E-state index in [1.165, 1.54) is 0 Å². The largest absolute Gasteiger partial charge is 0.480 e. The highest BCUT2D eigenvalue weighted by Crippen LogP contribution is 2.28. The van der Waals surface area contributed by atoms with Crippen LogP contribution in [0.2, 0.25) is 0 Å². The van der Waals surface area contributed by atoms with E-state index in [0.717, 1.165) is 12.3 Å². The topological polar surface area (TPSA) is 76.2 Å². The van der Waals surface area contributed by atoms with E-state index in [1.54, 1.807) is 0 Å². The Bertz CT molecular complexity index is 402. The van der Waals surface area contributed by atoms with Gasteiger partial charge in [-0.3, -0.25) is 9.78 Å². The zero-order chi connectivity index (χ0) is 12.3. The summed E-state index contributed by atoms with van der Waals surface area (Å²) in [5, 5.41) is 8.50. The van der Waals surface area contributed by atoms with Gasteiger partial charge in [0.2, 0.25) is 0 Å². The second kappa shape index (κ2) is 7.40. The second-order valence-corrected chi connectivity index (χ2v) is 3.23. The van der Waals surface area contributed by atoms with Crippen LogP contribution in [0.5, 0.6) is 0 Å². The summed E-state index contributed by atoms with van der Waals surface area (Å²) in [6, 6.07) is -0.388. The molecule has 1 heterocycles. The summed E-state index contributed by atoms with van der Waals surface area (Å²) in [5.41, 5.74) is 4.43. The molecule has 0 fully saturated rings. The fourth-order valence-corrected chi connectivity index (χ4v) is 1.10. The van der Waals surface area contributed by atoms with E-state index in [2.05, 4.69) is 4.98 Å². The maximum atomic E-state index is 12.3. The SMILES string of the molecule is Cl.Cl.NC(Cc1cncc(C(F)(F)F)c1)C(=O)O. The number of carboxylic acid groups (broad SMARTS) is 1. The lowest BCUT2D eigenvalue weighted by Crippen LogP contribution is -2.32. The summed E-state index contributed by atoms with van der Waals surface area (Å²) in [6.07, 6.45) is -2.84. The number of nitrogens with two attached hydrogens (primary N) is 1. The first-order valence-electron chi connectivity index (χ1n) is 4.30. The van der Waals surface area contributed by atoms with Gasteiger partial charge >= 0.3 is 12.1 Å². The molecule has 0 bridgehead atoms. The Hall–Kier alpha value is -1.05. The van der Waals surface area contributed by atoms with Gasteiger partial charge in [0.25, 0.3) is 0 Å². The predicted octanol–water partition coefficient (Wildman–Crippen LogP) is 1.90. The Balaban J connectivity index is 0. The van der Waals surface area contributed by atoms with Crippen molar-refractivity contribution >= 4 is 30.8 Å². The molecule has 1 aromatic heterocycles. The van der Waals surface area contributed by atoms with Gasteiger partial charge in [0.1, 0.15) is 6.04 Å². The first-order valence-corrected chi connectivity index (χ1v) is 4.30. The molecule has 0 aliphatic rings. The number of carbonyl (C=O) groups is 1. The van der Waals surface area contributed by atoms with Gasteiger partial charge in [-0.05, 0) is 18.1 Å². The van der Waals surface area contributed by atoms with Crippen LogP contribution in [0.25, 0.3) is 0 Å². The van der Waals surface area contributed by atoms with Crippen LogP contribution < -0.4 is 5.73 Å². The number of halogens is 5. The molecule has 0 aliphatic carbocycles. The van der Waals surface area contributed by atoms with Crippen LogP contribution in [0, 0.1) is 0 Å². The van der Waals surface area contributed by atoms with Crippen molar-refractivity contribution in [3.05, 3.63) is 29.6 Å². The third-order valence-corrected chi connectivity index (χ3v) is 1.90. The first kappa shape index (κ1) is 19.3. The lowest BCUT2D eigenvalue weighted by Gasteiger charge is -2.09. The maximum absolute atomic E-state index is 12.3. The molecule has 1 aromatic rings. The molecule has 0 saturated carbocycles. The lowest BCUT2D eigenvalue weighted by atomic mass is 10.1. The van der Waals surface area contributed by atoms with Crippen LogP contribution in [-0.4, -0.2) is 22.1 Å². The van der Waals surface area contributed by atoms with Gasteiger partial charge in [-0.2, -0.15) is 13.2 Å². The molecule has 0 saturated heterocycles. The molecular formula is C9H11Cl2F3N2O2. The minimum absolute atomic E-state index is 0. The summed E-state index contributed by atoms with van der Waals surface area (Å²) in [6.45, 7) is 0. The Kier molecular flexibility index (Phi) is 7.93. The number of hydrogen-bond acceptors (Lipinski definition) is 3. The van der Waals surface area contributed by atoms with Crippen LogP contribution in [-0.2, 0) is 17.4 Å². The number of rotatable bonds is 3. The molecule has 1 unspecified atom stereocenters. The molecular weight excluding hydrogens is 296 g/mol. The number of pyridine rings is 1. The average Bonchev–Trinajstić information content (AvgIpc) is 2.16. The smallest absolute Gasteiger partial charge is 0.417 e. The van der Waals surface area contributed by atoms with Crippen molar-refractivity contribution in [3.8, 4) is 0 Å². The lowest BCUT2D eigenvalue weighted by molar-refractivity contribution is -0.138. The van der Waals surface area contributed by atoms with Crippen molar-refractivity contribution in [1.82, 2.24) is 4.98 Å². The van der Waals surface area contributed by atoms with E-state index in [4.69, 9.17) is 10.8 Å². The number of nitrogens with zero attached hydrogens (tertiary/aromatic N) is 1. The van der Waals surface area contributed by atoms with Crippen molar-refractivity contribution in [1.29, 1.82) is 0 Å². The third-order valence-electron chi connectivity index (χ3n) is 1.90. The summed E-state index contributed by atoms with van der Waals surface area (Å²) in [4.78, 5) is 13.8. The van der Waals surface area contributed by atoms with Crippen LogP contribution in [0.3, 0.4) is 0 Å². The highest BCUT2D eigenvalue weighted by Gasteiger charge is 2.31. The minimum Gasteiger partial charge on any atom is -0.480 e. The Labute approximate surface area is 113 Å². The highest BCUT2D eigenvalue weighted by molar-refractivity contribution is 5.85. The van der Waals surface area contributed by atoms with E-state index < -0.39 is 23.8 Å². The van der Waals surface area contributed by atoms with Crippen LogP contribution in [0.4, 0.5) is 13.2 Å². The van der Waals surface area contributed by atoms with Crippen molar-refractivity contribution in [3.63, 3.8) is 0 Å².